The number of rotatable bonds is 9. The molecule has 0 aliphatic carbocycles. The van der Waals surface area contributed by atoms with Gasteiger partial charge in [-0.05, 0) is 53.6 Å². The van der Waals surface area contributed by atoms with Gasteiger partial charge in [0.2, 0.25) is 0 Å². The molecule has 0 fully saturated rings. The van der Waals surface area contributed by atoms with Crippen LogP contribution in [0.5, 0.6) is 0 Å². The summed E-state index contributed by atoms with van der Waals surface area (Å²) in [4.78, 5) is 25.6. The maximum absolute atomic E-state index is 13.8. The number of carbonyl (C=O) groups is 1. The molecule has 220 valence electrons. The summed E-state index contributed by atoms with van der Waals surface area (Å²) in [6, 6.07) is 31.5. The van der Waals surface area contributed by atoms with Gasteiger partial charge in [0.15, 0.2) is 0 Å². The summed E-state index contributed by atoms with van der Waals surface area (Å²) in [7, 11) is 0. The minimum atomic E-state index is -1.52. The number of halogens is 2. The third kappa shape index (κ3) is 7.57. The Hall–Kier alpha value is -5.27. The molecule has 1 heterocycles. The van der Waals surface area contributed by atoms with Crippen molar-refractivity contribution in [1.29, 1.82) is 0 Å². The van der Waals surface area contributed by atoms with Crippen molar-refractivity contribution in [2.24, 2.45) is 9.98 Å². The summed E-state index contributed by atoms with van der Waals surface area (Å²) < 4.78 is 27.6. The van der Waals surface area contributed by atoms with Gasteiger partial charge in [0.05, 0.1) is 23.1 Å². The minimum Gasteiger partial charge on any atom is -0.857 e. The van der Waals surface area contributed by atoms with E-state index in [1.54, 1.807) is 66.7 Å². The molecule has 5 aromatic rings. The first-order chi connectivity index (χ1) is 20.9. The van der Waals surface area contributed by atoms with Gasteiger partial charge >= 0.3 is 16.5 Å². The number of hydrogen-bond acceptors (Lipinski definition) is 6. The molecular formula is C35H23F2N3NiO3. The summed E-state index contributed by atoms with van der Waals surface area (Å²) in [6.45, 7) is 0. The SMILES string of the molecule is O=C([O-])/C(=C\N=C(c1ccccc1)c1ccccc1N=C([O-])c1ccccn1)C(c1ccc(F)cc1)c1ccc(F)cc1.[Ni+2]. The van der Waals surface area contributed by atoms with Crippen LogP contribution < -0.4 is 10.2 Å². The molecule has 0 saturated carbocycles. The fourth-order valence-electron chi connectivity index (χ4n) is 4.56. The largest absolute Gasteiger partial charge is 2.00 e. The van der Waals surface area contributed by atoms with Gasteiger partial charge in [-0.2, -0.15) is 0 Å². The van der Waals surface area contributed by atoms with Crippen LogP contribution in [0.4, 0.5) is 14.5 Å². The third-order valence-corrected chi connectivity index (χ3v) is 6.60. The standard InChI is InChI=1S/C35H25F2N3O3.Ni/c36-26-17-13-23(14-18-26)32(24-15-19-27(37)20-16-24)29(35(42)43)22-39-33(25-8-2-1-3-9-25)28-10-4-5-11-30(28)40-34(41)31-12-6-7-21-38-31;/h1-22,32H,(H,40,41)(H,42,43);/q;+2/p-2/b29-22-,39-33?;. The van der Waals surface area contributed by atoms with Crippen LogP contribution in [-0.2, 0) is 21.3 Å². The smallest absolute Gasteiger partial charge is 0.857 e. The molecule has 44 heavy (non-hydrogen) atoms. The molecule has 0 saturated heterocycles. The van der Waals surface area contributed by atoms with Gasteiger partial charge in [0, 0.05) is 40.9 Å². The molecule has 1 aromatic heterocycles. The van der Waals surface area contributed by atoms with Crippen LogP contribution in [0.2, 0.25) is 0 Å². The van der Waals surface area contributed by atoms with Gasteiger partial charge < -0.3 is 15.0 Å². The molecule has 0 N–H and O–H groups in total. The van der Waals surface area contributed by atoms with Gasteiger partial charge in [0.25, 0.3) is 0 Å². The molecule has 4 aromatic carbocycles. The Kier molecular flexibility index (Phi) is 10.6. The number of aliphatic carboxylic acids is 1. The Bertz CT molecular complexity index is 1770. The fraction of sp³-hybridized carbons (Fsp3) is 0.0286. The van der Waals surface area contributed by atoms with E-state index in [1.165, 1.54) is 60.9 Å². The number of benzene rings is 4. The first-order valence-electron chi connectivity index (χ1n) is 13.2. The van der Waals surface area contributed by atoms with Crippen LogP contribution in [0.25, 0.3) is 0 Å². The van der Waals surface area contributed by atoms with E-state index in [1.807, 2.05) is 6.07 Å². The summed E-state index contributed by atoms with van der Waals surface area (Å²) in [6.07, 6.45) is 2.67. The molecule has 0 aliphatic heterocycles. The first-order valence-corrected chi connectivity index (χ1v) is 13.2. The second-order valence-electron chi connectivity index (χ2n) is 9.40. The number of carboxylic acid groups (broad SMARTS) is 1. The first kappa shape index (κ1) is 31.7. The van der Waals surface area contributed by atoms with E-state index in [4.69, 9.17) is 0 Å². The minimum absolute atomic E-state index is 0. The van der Waals surface area contributed by atoms with Crippen LogP contribution in [-0.4, -0.2) is 22.6 Å². The second kappa shape index (κ2) is 14.8. The molecule has 9 heteroatoms. The van der Waals surface area contributed by atoms with Crippen molar-refractivity contribution in [1.82, 2.24) is 4.98 Å². The van der Waals surface area contributed by atoms with Crippen molar-refractivity contribution in [2.75, 3.05) is 0 Å². The van der Waals surface area contributed by atoms with Crippen molar-refractivity contribution >= 4 is 23.3 Å². The van der Waals surface area contributed by atoms with E-state index >= 15 is 0 Å². The van der Waals surface area contributed by atoms with Crippen LogP contribution in [0.1, 0.15) is 33.9 Å². The molecule has 5 rings (SSSR count). The molecule has 0 spiro atoms. The summed E-state index contributed by atoms with van der Waals surface area (Å²) in [5.74, 6) is -4.02. The number of aliphatic imine (C=N–C) groups is 2. The number of carbonyl (C=O) groups excluding carboxylic acids is 1. The predicted octanol–water partition coefficient (Wildman–Crippen LogP) is 5.10. The maximum Gasteiger partial charge on any atom is 2.00 e. The third-order valence-electron chi connectivity index (χ3n) is 6.60. The van der Waals surface area contributed by atoms with Gasteiger partial charge in [-0.1, -0.05) is 78.9 Å². The Labute approximate surface area is 262 Å². The predicted molar refractivity (Wildman–Crippen MR) is 157 cm³/mol. The summed E-state index contributed by atoms with van der Waals surface area (Å²) >= 11 is 0. The second-order valence-corrected chi connectivity index (χ2v) is 9.40. The van der Waals surface area contributed by atoms with Gasteiger partial charge in [-0.15, -0.1) is 0 Å². The van der Waals surface area contributed by atoms with E-state index in [2.05, 4.69) is 15.0 Å². The summed E-state index contributed by atoms with van der Waals surface area (Å²) in [5.41, 5.74) is 2.54. The van der Waals surface area contributed by atoms with Crippen molar-refractivity contribution in [3.63, 3.8) is 0 Å². The quantitative estimate of drug-likeness (QED) is 0.0980. The van der Waals surface area contributed by atoms with Crippen molar-refractivity contribution in [3.05, 3.63) is 179 Å². The van der Waals surface area contributed by atoms with E-state index in [9.17, 15) is 23.8 Å². The molecule has 0 amide bonds. The van der Waals surface area contributed by atoms with Gasteiger partial charge in [-0.3, -0.25) is 15.0 Å². The molecule has 0 unspecified atom stereocenters. The Balaban J connectivity index is 0.00000442. The zero-order valence-corrected chi connectivity index (χ0v) is 23.9. The van der Waals surface area contributed by atoms with E-state index < -0.39 is 29.4 Å². The van der Waals surface area contributed by atoms with Gasteiger partial charge in [0.1, 0.15) is 11.6 Å². The van der Waals surface area contributed by atoms with Crippen molar-refractivity contribution < 1.29 is 40.3 Å². The van der Waals surface area contributed by atoms with Gasteiger partial charge in [-0.25, -0.2) is 8.78 Å². The number of nitrogens with zero attached hydrogens (tertiary/aromatic N) is 3. The number of para-hydroxylation sites is 1. The number of carboxylic acids is 1. The summed E-state index contributed by atoms with van der Waals surface area (Å²) in [5, 5.41) is 25.5. The van der Waals surface area contributed by atoms with Crippen LogP contribution in [0.15, 0.2) is 149 Å². The zero-order valence-electron chi connectivity index (χ0n) is 22.9. The Morgan fingerprint density at radius 3 is 1.86 bits per heavy atom. The Morgan fingerprint density at radius 2 is 1.30 bits per heavy atom. The van der Waals surface area contributed by atoms with Crippen LogP contribution in [0.3, 0.4) is 0 Å². The average Bonchev–Trinajstić information content (AvgIpc) is 3.03. The molecule has 0 atom stereocenters. The average molecular weight is 630 g/mol. The molecule has 6 nitrogen and oxygen atoms in total. The monoisotopic (exact) mass is 629 g/mol. The number of pyridine rings is 1. The maximum atomic E-state index is 13.8. The number of aromatic nitrogens is 1. The topological polar surface area (TPSA) is 101 Å². The molecule has 0 bridgehead atoms. The zero-order chi connectivity index (χ0) is 30.2. The Morgan fingerprint density at radius 1 is 0.727 bits per heavy atom. The normalized spacial score (nSPS) is 12.1. The van der Waals surface area contributed by atoms with Crippen molar-refractivity contribution in [3.8, 4) is 0 Å². The molecular weight excluding hydrogens is 607 g/mol. The van der Waals surface area contributed by atoms with Crippen molar-refractivity contribution in [2.45, 2.75) is 5.92 Å². The molecule has 0 aliphatic rings. The van der Waals surface area contributed by atoms with E-state index in [0.29, 0.717) is 33.7 Å². The van der Waals surface area contributed by atoms with E-state index in [-0.39, 0.29) is 27.8 Å². The molecule has 0 radical (unpaired) electrons. The van der Waals surface area contributed by atoms with E-state index in [0.717, 1.165) is 0 Å². The number of hydrogen-bond donors (Lipinski definition) is 0. The fourth-order valence-corrected chi connectivity index (χ4v) is 4.56. The van der Waals surface area contributed by atoms with Crippen LogP contribution in [0, 0.1) is 11.6 Å². The van der Waals surface area contributed by atoms with Crippen LogP contribution >= 0.6 is 0 Å².